The van der Waals surface area contributed by atoms with E-state index in [0.29, 0.717) is 12.0 Å². The minimum absolute atomic E-state index is 0.0294. The Morgan fingerprint density at radius 2 is 1.74 bits per heavy atom. The summed E-state index contributed by atoms with van der Waals surface area (Å²) in [5, 5.41) is 12.2. The predicted octanol–water partition coefficient (Wildman–Crippen LogP) is 2.60. The molecular formula is C19H24N2O2. The monoisotopic (exact) mass is 312 g/mol. The number of rotatable bonds is 7. The average Bonchev–Trinajstić information content (AvgIpc) is 2.55. The van der Waals surface area contributed by atoms with Crippen LogP contribution in [0.25, 0.3) is 0 Å². The molecule has 0 radical (unpaired) electrons. The summed E-state index contributed by atoms with van der Waals surface area (Å²) in [6, 6.07) is 17.2. The number of hydrogen-bond donors (Lipinski definition) is 2. The Hall–Kier alpha value is -2.17. The van der Waals surface area contributed by atoms with E-state index < -0.39 is 0 Å². The van der Waals surface area contributed by atoms with Gasteiger partial charge in [-0.1, -0.05) is 42.5 Å². The number of nitrogens with one attached hydrogen (secondary N) is 1. The van der Waals surface area contributed by atoms with Gasteiger partial charge in [0.05, 0.1) is 6.04 Å². The van der Waals surface area contributed by atoms with Crippen LogP contribution in [0.4, 0.5) is 0 Å². The first-order valence-corrected chi connectivity index (χ1v) is 7.80. The van der Waals surface area contributed by atoms with Crippen molar-refractivity contribution in [2.75, 3.05) is 20.7 Å². The van der Waals surface area contributed by atoms with Crippen molar-refractivity contribution in [1.82, 2.24) is 10.2 Å². The van der Waals surface area contributed by atoms with Crippen molar-refractivity contribution in [3.8, 4) is 0 Å². The molecule has 23 heavy (non-hydrogen) atoms. The van der Waals surface area contributed by atoms with Gasteiger partial charge in [0.15, 0.2) is 0 Å². The molecule has 0 aliphatic rings. The van der Waals surface area contributed by atoms with E-state index in [1.165, 1.54) is 5.56 Å². The molecule has 1 amide bonds. The first kappa shape index (κ1) is 17.2. The lowest BCUT2D eigenvalue weighted by atomic mass is 10.0. The van der Waals surface area contributed by atoms with Crippen LogP contribution in [-0.2, 0) is 6.54 Å². The number of nitrogens with zero attached hydrogens (tertiary/aromatic N) is 1. The molecule has 2 N–H and O–H groups in total. The Kier molecular flexibility index (Phi) is 6.32. The summed E-state index contributed by atoms with van der Waals surface area (Å²) in [4.78, 5) is 14.5. The molecule has 2 rings (SSSR count). The van der Waals surface area contributed by atoms with E-state index in [4.69, 9.17) is 0 Å². The molecule has 0 heterocycles. The van der Waals surface area contributed by atoms with Crippen molar-refractivity contribution in [2.45, 2.75) is 19.0 Å². The topological polar surface area (TPSA) is 52.6 Å². The fraction of sp³-hybridized carbons (Fsp3) is 0.316. The highest BCUT2D eigenvalue weighted by Crippen LogP contribution is 2.17. The summed E-state index contributed by atoms with van der Waals surface area (Å²) in [7, 11) is 4.03. The first-order valence-electron chi connectivity index (χ1n) is 7.80. The maximum absolute atomic E-state index is 12.4. The van der Waals surface area contributed by atoms with Gasteiger partial charge in [-0.05, 0) is 43.8 Å². The van der Waals surface area contributed by atoms with Crippen LogP contribution in [0.1, 0.15) is 33.9 Å². The summed E-state index contributed by atoms with van der Waals surface area (Å²) in [6.45, 7) is 0.876. The zero-order valence-electron chi connectivity index (χ0n) is 13.7. The highest BCUT2D eigenvalue weighted by atomic mass is 16.3. The SMILES string of the molecule is CN(C)Cc1ccc(C(=O)NC(CCO)c2ccccc2)cc1. The molecule has 0 bridgehead atoms. The third-order valence-electron chi connectivity index (χ3n) is 3.64. The number of aliphatic hydroxyl groups excluding tert-OH is 1. The molecule has 0 spiro atoms. The van der Waals surface area contributed by atoms with E-state index in [1.807, 2.05) is 68.7 Å². The Morgan fingerprint density at radius 1 is 1.09 bits per heavy atom. The zero-order chi connectivity index (χ0) is 16.7. The molecule has 0 saturated heterocycles. The van der Waals surface area contributed by atoms with E-state index in [1.54, 1.807) is 0 Å². The second-order valence-corrected chi connectivity index (χ2v) is 5.88. The van der Waals surface area contributed by atoms with Gasteiger partial charge < -0.3 is 15.3 Å². The summed E-state index contributed by atoms with van der Waals surface area (Å²) < 4.78 is 0. The molecule has 1 atom stereocenters. The van der Waals surface area contributed by atoms with Gasteiger partial charge >= 0.3 is 0 Å². The van der Waals surface area contributed by atoms with Gasteiger partial charge in [0.1, 0.15) is 0 Å². The lowest BCUT2D eigenvalue weighted by Crippen LogP contribution is -2.29. The molecule has 0 aromatic heterocycles. The van der Waals surface area contributed by atoms with Crippen LogP contribution in [0.5, 0.6) is 0 Å². The van der Waals surface area contributed by atoms with Crippen molar-refractivity contribution in [1.29, 1.82) is 0 Å². The number of carbonyl (C=O) groups is 1. The fourth-order valence-electron chi connectivity index (χ4n) is 2.50. The van der Waals surface area contributed by atoms with E-state index in [9.17, 15) is 9.90 Å². The number of carbonyl (C=O) groups excluding carboxylic acids is 1. The minimum Gasteiger partial charge on any atom is -0.396 e. The van der Waals surface area contributed by atoms with Crippen LogP contribution in [0.2, 0.25) is 0 Å². The van der Waals surface area contributed by atoms with Crippen LogP contribution >= 0.6 is 0 Å². The third-order valence-corrected chi connectivity index (χ3v) is 3.64. The van der Waals surface area contributed by atoms with Crippen LogP contribution in [0.15, 0.2) is 54.6 Å². The lowest BCUT2D eigenvalue weighted by molar-refractivity contribution is 0.0930. The maximum Gasteiger partial charge on any atom is 0.251 e. The molecule has 0 fully saturated rings. The van der Waals surface area contributed by atoms with Gasteiger partial charge in [-0.3, -0.25) is 4.79 Å². The van der Waals surface area contributed by atoms with Crippen molar-refractivity contribution in [3.63, 3.8) is 0 Å². The molecule has 0 saturated carbocycles. The number of amides is 1. The van der Waals surface area contributed by atoms with E-state index in [-0.39, 0.29) is 18.6 Å². The maximum atomic E-state index is 12.4. The quantitative estimate of drug-likeness (QED) is 0.826. The highest BCUT2D eigenvalue weighted by Gasteiger charge is 2.15. The van der Waals surface area contributed by atoms with Crippen molar-refractivity contribution < 1.29 is 9.90 Å². The largest absolute Gasteiger partial charge is 0.396 e. The molecule has 2 aromatic rings. The summed E-state index contributed by atoms with van der Waals surface area (Å²) in [6.07, 6.45) is 0.495. The lowest BCUT2D eigenvalue weighted by Gasteiger charge is -2.18. The zero-order valence-corrected chi connectivity index (χ0v) is 13.7. The van der Waals surface area contributed by atoms with Crippen LogP contribution in [-0.4, -0.2) is 36.6 Å². The Labute approximate surface area is 137 Å². The minimum atomic E-state index is -0.185. The predicted molar refractivity (Wildman–Crippen MR) is 92.2 cm³/mol. The first-order chi connectivity index (χ1) is 11.1. The molecular weight excluding hydrogens is 288 g/mol. The smallest absolute Gasteiger partial charge is 0.251 e. The highest BCUT2D eigenvalue weighted by molar-refractivity contribution is 5.94. The van der Waals surface area contributed by atoms with Gasteiger partial charge in [-0.15, -0.1) is 0 Å². The molecule has 122 valence electrons. The fourth-order valence-corrected chi connectivity index (χ4v) is 2.50. The van der Waals surface area contributed by atoms with Crippen molar-refractivity contribution >= 4 is 5.91 Å². The van der Waals surface area contributed by atoms with Gasteiger partial charge in [0.25, 0.3) is 5.91 Å². The van der Waals surface area contributed by atoms with Gasteiger partial charge in [-0.25, -0.2) is 0 Å². The van der Waals surface area contributed by atoms with Gasteiger partial charge in [0, 0.05) is 18.7 Å². The number of aliphatic hydroxyl groups is 1. The molecule has 1 unspecified atom stereocenters. The number of hydrogen-bond acceptors (Lipinski definition) is 3. The second-order valence-electron chi connectivity index (χ2n) is 5.88. The summed E-state index contributed by atoms with van der Waals surface area (Å²) in [5.41, 5.74) is 2.80. The van der Waals surface area contributed by atoms with E-state index in [0.717, 1.165) is 12.1 Å². The normalized spacial score (nSPS) is 12.2. The standard InChI is InChI=1S/C19H24N2O2/c1-21(2)14-15-8-10-17(11-9-15)19(23)20-18(12-13-22)16-6-4-3-5-7-16/h3-11,18,22H,12-14H2,1-2H3,(H,20,23). The van der Waals surface area contributed by atoms with Crippen LogP contribution in [0.3, 0.4) is 0 Å². The molecule has 4 heteroatoms. The summed E-state index contributed by atoms with van der Waals surface area (Å²) >= 11 is 0. The summed E-state index contributed by atoms with van der Waals surface area (Å²) in [5.74, 6) is -0.122. The van der Waals surface area contributed by atoms with Gasteiger partial charge in [-0.2, -0.15) is 0 Å². The van der Waals surface area contributed by atoms with Crippen LogP contribution in [0, 0.1) is 0 Å². The molecule has 0 aliphatic carbocycles. The average molecular weight is 312 g/mol. The van der Waals surface area contributed by atoms with Gasteiger partial charge in [0.2, 0.25) is 0 Å². The Morgan fingerprint density at radius 3 is 2.30 bits per heavy atom. The van der Waals surface area contributed by atoms with E-state index in [2.05, 4.69) is 10.2 Å². The second kappa shape index (κ2) is 8.46. The molecule has 2 aromatic carbocycles. The van der Waals surface area contributed by atoms with Crippen LogP contribution < -0.4 is 5.32 Å². The van der Waals surface area contributed by atoms with Crippen molar-refractivity contribution in [3.05, 3.63) is 71.3 Å². The Bertz CT molecular complexity index is 609. The third kappa shape index (κ3) is 5.20. The molecule has 4 nitrogen and oxygen atoms in total. The van der Waals surface area contributed by atoms with E-state index >= 15 is 0 Å². The number of benzene rings is 2. The Balaban J connectivity index is 2.06. The van der Waals surface area contributed by atoms with Crippen molar-refractivity contribution in [2.24, 2.45) is 0 Å². The molecule has 0 aliphatic heterocycles.